The summed E-state index contributed by atoms with van der Waals surface area (Å²) < 4.78 is 4.82. The summed E-state index contributed by atoms with van der Waals surface area (Å²) in [4.78, 5) is 3.88. The van der Waals surface area contributed by atoms with Gasteiger partial charge in [-0.3, -0.25) is 0 Å². The Hall–Kier alpha value is -1.25. The SMILES string of the molecule is COc1ncc(C)c(C)c1O. The van der Waals surface area contributed by atoms with Gasteiger partial charge in [-0.2, -0.15) is 0 Å². The van der Waals surface area contributed by atoms with Crippen LogP contribution in [0.4, 0.5) is 0 Å². The molecule has 0 saturated heterocycles. The zero-order valence-corrected chi connectivity index (χ0v) is 6.88. The van der Waals surface area contributed by atoms with Gasteiger partial charge in [0.25, 0.3) is 5.88 Å². The van der Waals surface area contributed by atoms with Crippen LogP contribution in [0.3, 0.4) is 0 Å². The smallest absolute Gasteiger partial charge is 0.256 e. The van der Waals surface area contributed by atoms with Crippen molar-refractivity contribution in [1.29, 1.82) is 0 Å². The molecular weight excluding hydrogens is 142 g/mol. The number of rotatable bonds is 1. The predicted molar refractivity (Wildman–Crippen MR) is 41.9 cm³/mol. The van der Waals surface area contributed by atoms with E-state index in [2.05, 4.69) is 4.98 Å². The number of pyridine rings is 1. The molecular formula is C8H11NO2. The zero-order valence-electron chi connectivity index (χ0n) is 6.88. The number of methoxy groups -OCH3 is 1. The minimum Gasteiger partial charge on any atom is -0.503 e. The van der Waals surface area contributed by atoms with Gasteiger partial charge in [0.1, 0.15) is 0 Å². The van der Waals surface area contributed by atoms with Crippen LogP contribution < -0.4 is 4.74 Å². The molecule has 0 unspecified atom stereocenters. The number of hydrogen-bond donors (Lipinski definition) is 1. The summed E-state index contributed by atoms with van der Waals surface area (Å²) in [6.07, 6.45) is 1.67. The molecule has 0 saturated carbocycles. The Labute approximate surface area is 65.7 Å². The van der Waals surface area contributed by atoms with Crippen molar-refractivity contribution in [3.8, 4) is 11.6 Å². The van der Waals surface area contributed by atoms with Crippen molar-refractivity contribution < 1.29 is 9.84 Å². The van der Waals surface area contributed by atoms with Gasteiger partial charge in [0.15, 0.2) is 5.75 Å². The Bertz CT molecular complexity index is 271. The molecule has 0 radical (unpaired) electrons. The van der Waals surface area contributed by atoms with Gasteiger partial charge in [-0.1, -0.05) is 0 Å². The fourth-order valence-electron chi connectivity index (χ4n) is 0.810. The average Bonchev–Trinajstić information content (AvgIpc) is 2.01. The lowest BCUT2D eigenvalue weighted by molar-refractivity contribution is 0.356. The first-order valence-corrected chi connectivity index (χ1v) is 3.36. The maximum atomic E-state index is 9.39. The molecule has 1 aromatic heterocycles. The second-order valence-corrected chi connectivity index (χ2v) is 2.42. The number of aromatic hydroxyl groups is 1. The number of nitrogens with zero attached hydrogens (tertiary/aromatic N) is 1. The molecule has 1 aromatic rings. The van der Waals surface area contributed by atoms with E-state index in [9.17, 15) is 5.11 Å². The minimum atomic E-state index is 0.132. The highest BCUT2D eigenvalue weighted by Crippen LogP contribution is 2.27. The highest BCUT2D eigenvalue weighted by molar-refractivity contribution is 5.43. The van der Waals surface area contributed by atoms with Crippen molar-refractivity contribution in [3.05, 3.63) is 17.3 Å². The van der Waals surface area contributed by atoms with Gasteiger partial charge >= 0.3 is 0 Å². The summed E-state index contributed by atoms with van der Waals surface area (Å²) in [5.74, 6) is 0.417. The third kappa shape index (κ3) is 1.27. The summed E-state index contributed by atoms with van der Waals surface area (Å²) >= 11 is 0. The maximum absolute atomic E-state index is 9.39. The van der Waals surface area contributed by atoms with E-state index >= 15 is 0 Å². The molecule has 1 rings (SSSR count). The summed E-state index contributed by atoms with van der Waals surface area (Å²) in [5.41, 5.74) is 1.78. The van der Waals surface area contributed by atoms with Crippen LogP contribution in [0.2, 0.25) is 0 Å². The van der Waals surface area contributed by atoms with Crippen LogP contribution in [0.15, 0.2) is 6.20 Å². The van der Waals surface area contributed by atoms with Crippen molar-refractivity contribution in [2.75, 3.05) is 7.11 Å². The van der Waals surface area contributed by atoms with E-state index < -0.39 is 0 Å². The first-order chi connectivity index (χ1) is 5.16. The van der Waals surface area contributed by atoms with Crippen LogP contribution in [-0.4, -0.2) is 17.2 Å². The summed E-state index contributed by atoms with van der Waals surface area (Å²) in [5, 5.41) is 9.39. The molecule has 1 heterocycles. The molecule has 3 nitrogen and oxygen atoms in total. The van der Waals surface area contributed by atoms with Gasteiger partial charge in [-0.25, -0.2) is 4.98 Å². The third-order valence-electron chi connectivity index (χ3n) is 1.72. The van der Waals surface area contributed by atoms with Crippen LogP contribution in [0.1, 0.15) is 11.1 Å². The van der Waals surface area contributed by atoms with Crippen LogP contribution in [-0.2, 0) is 0 Å². The molecule has 11 heavy (non-hydrogen) atoms. The van der Waals surface area contributed by atoms with Gasteiger partial charge < -0.3 is 9.84 Å². The molecule has 1 N–H and O–H groups in total. The molecule has 0 aliphatic rings. The molecule has 3 heteroatoms. The Morgan fingerprint density at radius 1 is 1.45 bits per heavy atom. The molecule has 0 fully saturated rings. The first kappa shape index (κ1) is 7.85. The normalized spacial score (nSPS) is 9.73. The van der Waals surface area contributed by atoms with Crippen molar-refractivity contribution in [2.45, 2.75) is 13.8 Å². The highest BCUT2D eigenvalue weighted by atomic mass is 16.5. The molecule has 0 spiro atoms. The molecule has 0 aliphatic heterocycles. The fourth-order valence-corrected chi connectivity index (χ4v) is 0.810. The summed E-state index contributed by atoms with van der Waals surface area (Å²) in [6, 6.07) is 0. The van der Waals surface area contributed by atoms with Gasteiger partial charge in [0, 0.05) is 11.8 Å². The van der Waals surface area contributed by atoms with Crippen LogP contribution in [0, 0.1) is 13.8 Å². The average molecular weight is 153 g/mol. The molecule has 0 aliphatic carbocycles. The standard InChI is InChI=1S/C8H11NO2/c1-5-4-9-8(11-3)7(10)6(5)2/h4,10H,1-3H3. The van der Waals surface area contributed by atoms with Crippen LogP contribution >= 0.6 is 0 Å². The van der Waals surface area contributed by atoms with Crippen molar-refractivity contribution in [1.82, 2.24) is 4.98 Å². The molecule has 0 aromatic carbocycles. The quantitative estimate of drug-likeness (QED) is 0.663. The largest absolute Gasteiger partial charge is 0.503 e. The number of aromatic nitrogens is 1. The Balaban J connectivity index is 3.25. The highest BCUT2D eigenvalue weighted by Gasteiger charge is 2.06. The van der Waals surface area contributed by atoms with Gasteiger partial charge in [-0.05, 0) is 19.4 Å². The zero-order chi connectivity index (χ0) is 8.43. The second kappa shape index (κ2) is 2.78. The predicted octanol–water partition coefficient (Wildman–Crippen LogP) is 1.41. The van der Waals surface area contributed by atoms with E-state index in [-0.39, 0.29) is 11.6 Å². The summed E-state index contributed by atoms with van der Waals surface area (Å²) in [6.45, 7) is 3.72. The second-order valence-electron chi connectivity index (χ2n) is 2.42. The topological polar surface area (TPSA) is 42.4 Å². The fraction of sp³-hybridized carbons (Fsp3) is 0.375. The minimum absolute atomic E-state index is 0.132. The monoisotopic (exact) mass is 153 g/mol. The number of hydrogen-bond acceptors (Lipinski definition) is 3. The number of aryl methyl sites for hydroxylation is 1. The van der Waals surface area contributed by atoms with E-state index in [0.717, 1.165) is 11.1 Å². The third-order valence-corrected chi connectivity index (χ3v) is 1.72. The van der Waals surface area contributed by atoms with E-state index in [1.165, 1.54) is 7.11 Å². The summed E-state index contributed by atoms with van der Waals surface area (Å²) in [7, 11) is 1.48. The lowest BCUT2D eigenvalue weighted by Crippen LogP contribution is -1.91. The molecule has 0 bridgehead atoms. The van der Waals surface area contributed by atoms with Crippen LogP contribution in [0.5, 0.6) is 11.6 Å². The molecule has 60 valence electrons. The van der Waals surface area contributed by atoms with E-state index in [4.69, 9.17) is 4.74 Å². The Kier molecular flexibility index (Phi) is 1.98. The Morgan fingerprint density at radius 3 is 2.64 bits per heavy atom. The van der Waals surface area contributed by atoms with E-state index in [0.29, 0.717) is 0 Å². The van der Waals surface area contributed by atoms with Crippen molar-refractivity contribution in [2.24, 2.45) is 0 Å². The van der Waals surface area contributed by atoms with Crippen LogP contribution in [0.25, 0.3) is 0 Å². The van der Waals surface area contributed by atoms with Gasteiger partial charge in [0.2, 0.25) is 0 Å². The van der Waals surface area contributed by atoms with Crippen molar-refractivity contribution >= 4 is 0 Å². The van der Waals surface area contributed by atoms with Gasteiger partial charge in [0.05, 0.1) is 7.11 Å². The van der Waals surface area contributed by atoms with E-state index in [1.54, 1.807) is 6.20 Å². The van der Waals surface area contributed by atoms with E-state index in [1.807, 2.05) is 13.8 Å². The lowest BCUT2D eigenvalue weighted by atomic mass is 10.2. The lowest BCUT2D eigenvalue weighted by Gasteiger charge is -2.05. The first-order valence-electron chi connectivity index (χ1n) is 3.36. The maximum Gasteiger partial charge on any atom is 0.256 e. The van der Waals surface area contributed by atoms with Crippen molar-refractivity contribution in [3.63, 3.8) is 0 Å². The van der Waals surface area contributed by atoms with Gasteiger partial charge in [-0.15, -0.1) is 0 Å². The Morgan fingerprint density at radius 2 is 2.09 bits per heavy atom. The number of ether oxygens (including phenoxy) is 1. The molecule has 0 atom stereocenters. The molecule has 0 amide bonds.